The number of carbonyl (C=O) groups is 1. The van der Waals surface area contributed by atoms with Crippen LogP contribution in [0.2, 0.25) is 0 Å². The van der Waals surface area contributed by atoms with Crippen LogP contribution in [0.15, 0.2) is 34.7 Å². The smallest absolute Gasteiger partial charge is 0.339 e. The number of hydrogen-bond donors (Lipinski definition) is 2. The Kier molecular flexibility index (Phi) is 5.33. The summed E-state index contributed by atoms with van der Waals surface area (Å²) in [5, 5.41) is 3.17. The second kappa shape index (κ2) is 7.04. The summed E-state index contributed by atoms with van der Waals surface area (Å²) in [6.45, 7) is 3.62. The number of benzene rings is 1. The van der Waals surface area contributed by atoms with Crippen molar-refractivity contribution in [1.29, 1.82) is 0 Å². The lowest BCUT2D eigenvalue weighted by molar-refractivity contribution is 0.0596. The van der Waals surface area contributed by atoms with Crippen LogP contribution in [0.1, 0.15) is 22.3 Å². The molecule has 1 heterocycles. The standard InChI is InChI=1S/C15H20N2O4S/c1-11-3-4-14(13(9-11)15(18)21-2)22(19,20)17-10-12-5-7-16-8-6-12/h3-5,9,16-17H,6-8,10H2,1-2H3. The highest BCUT2D eigenvalue weighted by Crippen LogP contribution is 2.19. The highest BCUT2D eigenvalue weighted by molar-refractivity contribution is 7.89. The summed E-state index contributed by atoms with van der Waals surface area (Å²) in [4.78, 5) is 11.7. The predicted molar refractivity (Wildman–Crippen MR) is 83.3 cm³/mol. The van der Waals surface area contributed by atoms with Crippen LogP contribution in [0.25, 0.3) is 0 Å². The van der Waals surface area contributed by atoms with Gasteiger partial charge in [-0.15, -0.1) is 0 Å². The first-order valence-electron chi connectivity index (χ1n) is 7.01. The second-order valence-corrected chi connectivity index (χ2v) is 6.87. The molecule has 0 radical (unpaired) electrons. The molecule has 0 unspecified atom stereocenters. The van der Waals surface area contributed by atoms with Crippen molar-refractivity contribution in [1.82, 2.24) is 10.0 Å². The van der Waals surface area contributed by atoms with Crippen molar-refractivity contribution in [3.63, 3.8) is 0 Å². The molecule has 1 aliphatic rings. The van der Waals surface area contributed by atoms with Gasteiger partial charge in [0, 0.05) is 13.1 Å². The third-order valence-corrected chi connectivity index (χ3v) is 4.94. The van der Waals surface area contributed by atoms with E-state index in [0.29, 0.717) is 0 Å². The van der Waals surface area contributed by atoms with Crippen LogP contribution in [0.4, 0.5) is 0 Å². The molecule has 0 aromatic heterocycles. The number of carbonyl (C=O) groups excluding carboxylic acids is 1. The Balaban J connectivity index is 2.25. The Morgan fingerprint density at radius 1 is 1.41 bits per heavy atom. The van der Waals surface area contributed by atoms with Crippen LogP contribution in [0.5, 0.6) is 0 Å². The topological polar surface area (TPSA) is 84.5 Å². The summed E-state index contributed by atoms with van der Waals surface area (Å²) >= 11 is 0. The molecule has 0 amide bonds. The van der Waals surface area contributed by atoms with Crippen LogP contribution in [-0.2, 0) is 14.8 Å². The number of sulfonamides is 1. The van der Waals surface area contributed by atoms with Gasteiger partial charge in [-0.2, -0.15) is 0 Å². The van der Waals surface area contributed by atoms with Gasteiger partial charge in [0.1, 0.15) is 0 Å². The molecule has 0 atom stereocenters. The van der Waals surface area contributed by atoms with Gasteiger partial charge in [-0.25, -0.2) is 17.9 Å². The van der Waals surface area contributed by atoms with Crippen LogP contribution < -0.4 is 10.0 Å². The van der Waals surface area contributed by atoms with Gasteiger partial charge in [-0.05, 0) is 32.0 Å². The van der Waals surface area contributed by atoms with Crippen molar-refractivity contribution in [3.05, 3.63) is 41.0 Å². The maximum atomic E-state index is 12.5. The molecule has 0 fully saturated rings. The molecule has 22 heavy (non-hydrogen) atoms. The summed E-state index contributed by atoms with van der Waals surface area (Å²) in [5.74, 6) is -0.662. The largest absolute Gasteiger partial charge is 0.465 e. The van der Waals surface area contributed by atoms with Gasteiger partial charge >= 0.3 is 5.97 Å². The molecule has 0 saturated heterocycles. The van der Waals surface area contributed by atoms with Crippen molar-refractivity contribution in [2.75, 3.05) is 26.7 Å². The molecule has 1 aromatic rings. The van der Waals surface area contributed by atoms with Gasteiger partial charge < -0.3 is 10.1 Å². The lowest BCUT2D eigenvalue weighted by Crippen LogP contribution is -2.30. The molecule has 2 rings (SSSR count). The maximum absolute atomic E-state index is 12.5. The van der Waals surface area contributed by atoms with E-state index < -0.39 is 16.0 Å². The normalized spacial score (nSPS) is 15.3. The first kappa shape index (κ1) is 16.7. The third-order valence-electron chi connectivity index (χ3n) is 3.48. The summed E-state index contributed by atoms with van der Waals surface area (Å²) in [6, 6.07) is 4.61. The van der Waals surface area contributed by atoms with E-state index in [1.54, 1.807) is 13.0 Å². The average Bonchev–Trinajstić information content (AvgIpc) is 2.53. The molecule has 0 saturated carbocycles. The molecule has 0 aliphatic carbocycles. The molecule has 6 nitrogen and oxygen atoms in total. The minimum absolute atomic E-state index is 0.0503. The zero-order chi connectivity index (χ0) is 16.2. The van der Waals surface area contributed by atoms with E-state index in [2.05, 4.69) is 14.8 Å². The quantitative estimate of drug-likeness (QED) is 0.623. The van der Waals surface area contributed by atoms with E-state index in [0.717, 1.165) is 30.6 Å². The van der Waals surface area contributed by atoms with Crippen molar-refractivity contribution in [2.45, 2.75) is 18.2 Å². The molecule has 120 valence electrons. The Morgan fingerprint density at radius 3 is 2.82 bits per heavy atom. The van der Waals surface area contributed by atoms with E-state index >= 15 is 0 Å². The van der Waals surface area contributed by atoms with Gasteiger partial charge in [0.25, 0.3) is 0 Å². The fourth-order valence-corrected chi connectivity index (χ4v) is 3.45. The Bertz CT molecular complexity index is 695. The summed E-state index contributed by atoms with van der Waals surface area (Å²) in [5.41, 5.74) is 1.88. The first-order chi connectivity index (χ1) is 10.4. The van der Waals surface area contributed by atoms with Crippen molar-refractivity contribution in [3.8, 4) is 0 Å². The summed E-state index contributed by atoms with van der Waals surface area (Å²) in [7, 11) is -2.54. The minimum Gasteiger partial charge on any atom is -0.465 e. The Labute approximate surface area is 130 Å². The lowest BCUT2D eigenvalue weighted by atomic mass is 10.1. The average molecular weight is 324 g/mol. The van der Waals surface area contributed by atoms with E-state index in [-0.39, 0.29) is 17.0 Å². The molecular formula is C15H20N2O4S. The third kappa shape index (κ3) is 3.94. The van der Waals surface area contributed by atoms with Gasteiger partial charge in [0.2, 0.25) is 10.0 Å². The van der Waals surface area contributed by atoms with Crippen LogP contribution >= 0.6 is 0 Å². The highest BCUT2D eigenvalue weighted by Gasteiger charge is 2.23. The number of hydrogen-bond acceptors (Lipinski definition) is 5. The molecule has 7 heteroatoms. The molecule has 1 aromatic carbocycles. The molecule has 0 bridgehead atoms. The SMILES string of the molecule is COC(=O)c1cc(C)ccc1S(=O)(=O)NCC1=CCNCC1. The molecule has 2 N–H and O–H groups in total. The second-order valence-electron chi connectivity index (χ2n) is 5.13. The van der Waals surface area contributed by atoms with Crippen molar-refractivity contribution in [2.24, 2.45) is 0 Å². The Hall–Kier alpha value is -1.70. The number of methoxy groups -OCH3 is 1. The number of nitrogens with one attached hydrogen (secondary N) is 2. The molecule has 0 spiro atoms. The van der Waals surface area contributed by atoms with Gasteiger partial charge in [-0.3, -0.25) is 0 Å². The molecular weight excluding hydrogens is 304 g/mol. The monoisotopic (exact) mass is 324 g/mol. The summed E-state index contributed by atoms with van der Waals surface area (Å²) < 4.78 is 32.2. The van der Waals surface area contributed by atoms with E-state index in [9.17, 15) is 13.2 Å². The first-order valence-corrected chi connectivity index (χ1v) is 8.49. The fourth-order valence-electron chi connectivity index (χ4n) is 2.24. The van der Waals surface area contributed by atoms with Gasteiger partial charge in [0.15, 0.2) is 0 Å². The predicted octanol–water partition coefficient (Wildman–Crippen LogP) is 0.980. The van der Waals surface area contributed by atoms with E-state index in [1.807, 2.05) is 6.08 Å². The van der Waals surface area contributed by atoms with Crippen LogP contribution in [-0.4, -0.2) is 41.1 Å². The highest BCUT2D eigenvalue weighted by atomic mass is 32.2. The maximum Gasteiger partial charge on any atom is 0.339 e. The van der Waals surface area contributed by atoms with Gasteiger partial charge in [-0.1, -0.05) is 23.3 Å². The number of ether oxygens (including phenoxy) is 1. The fraction of sp³-hybridized carbons (Fsp3) is 0.400. The number of esters is 1. The zero-order valence-corrected chi connectivity index (χ0v) is 13.5. The van der Waals surface area contributed by atoms with E-state index in [1.165, 1.54) is 19.2 Å². The molecule has 1 aliphatic heterocycles. The Morgan fingerprint density at radius 2 is 2.18 bits per heavy atom. The minimum atomic E-state index is -3.77. The van der Waals surface area contributed by atoms with Crippen molar-refractivity contribution < 1.29 is 17.9 Å². The van der Waals surface area contributed by atoms with Crippen LogP contribution in [0, 0.1) is 6.92 Å². The van der Waals surface area contributed by atoms with Crippen LogP contribution in [0.3, 0.4) is 0 Å². The zero-order valence-electron chi connectivity index (χ0n) is 12.7. The van der Waals surface area contributed by atoms with Gasteiger partial charge in [0.05, 0.1) is 17.6 Å². The summed E-state index contributed by atoms with van der Waals surface area (Å²) in [6.07, 6.45) is 2.78. The van der Waals surface area contributed by atoms with Crippen molar-refractivity contribution >= 4 is 16.0 Å². The lowest BCUT2D eigenvalue weighted by Gasteiger charge is -2.15. The van der Waals surface area contributed by atoms with E-state index in [4.69, 9.17) is 0 Å². The number of aryl methyl sites for hydroxylation is 1. The number of rotatable bonds is 5.